The maximum Gasteiger partial charge on any atom is 0.354 e. The fourth-order valence-electron chi connectivity index (χ4n) is 4.43. The highest BCUT2D eigenvalue weighted by Crippen LogP contribution is 2.29. The van der Waals surface area contributed by atoms with Gasteiger partial charge in [-0.15, -0.1) is 12.4 Å². The molecular formula is C26H32ClN3O4. The van der Waals surface area contributed by atoms with Gasteiger partial charge in [0, 0.05) is 49.2 Å². The Kier molecular flexibility index (Phi) is 9.10. The van der Waals surface area contributed by atoms with Gasteiger partial charge in [-0.05, 0) is 49.7 Å². The Hall–Kier alpha value is -2.87. The van der Waals surface area contributed by atoms with Crippen molar-refractivity contribution in [2.75, 3.05) is 31.7 Å². The monoisotopic (exact) mass is 485 g/mol. The van der Waals surface area contributed by atoms with Gasteiger partial charge in [-0.2, -0.15) is 0 Å². The fraction of sp³-hybridized carbons (Fsp3) is 0.385. The molecule has 0 aliphatic carbocycles. The number of hydrogen-bond acceptors (Lipinski definition) is 5. The molecule has 1 saturated heterocycles. The Morgan fingerprint density at radius 1 is 1.12 bits per heavy atom. The summed E-state index contributed by atoms with van der Waals surface area (Å²) in [6.45, 7) is 4.29. The van der Waals surface area contributed by atoms with E-state index < -0.39 is 0 Å². The van der Waals surface area contributed by atoms with Crippen LogP contribution in [0.1, 0.15) is 41.7 Å². The summed E-state index contributed by atoms with van der Waals surface area (Å²) in [6, 6.07) is 17.3. The van der Waals surface area contributed by atoms with Crippen LogP contribution in [0.5, 0.6) is 0 Å². The summed E-state index contributed by atoms with van der Waals surface area (Å²) in [5.74, 6) is -0.266. The summed E-state index contributed by atoms with van der Waals surface area (Å²) >= 11 is 0. The van der Waals surface area contributed by atoms with Crippen LogP contribution in [0, 0.1) is 0 Å². The highest BCUT2D eigenvalue weighted by atomic mass is 35.5. The van der Waals surface area contributed by atoms with Crippen LogP contribution in [0.15, 0.2) is 54.6 Å². The van der Waals surface area contributed by atoms with Crippen molar-refractivity contribution >= 4 is 40.9 Å². The lowest BCUT2D eigenvalue weighted by molar-refractivity contribution is -0.118. The average Bonchev–Trinajstić information content (AvgIpc) is 3.44. The van der Waals surface area contributed by atoms with Gasteiger partial charge in [-0.1, -0.05) is 30.3 Å². The summed E-state index contributed by atoms with van der Waals surface area (Å²) in [5.41, 5.74) is 3.25. The van der Waals surface area contributed by atoms with Crippen LogP contribution in [0.4, 0.5) is 5.69 Å². The highest BCUT2D eigenvalue weighted by molar-refractivity contribution is 6.00. The molecule has 2 atom stereocenters. The summed E-state index contributed by atoms with van der Waals surface area (Å²) < 4.78 is 12.5. The first-order valence-corrected chi connectivity index (χ1v) is 11.5. The number of amides is 1. The quantitative estimate of drug-likeness (QED) is 0.349. The molecule has 0 unspecified atom stereocenters. The minimum atomic E-state index is -0.364. The number of halogens is 1. The normalized spacial score (nSPS) is 17.4. The topological polar surface area (TPSA) is 81.6 Å². The van der Waals surface area contributed by atoms with Crippen molar-refractivity contribution in [3.05, 3.63) is 65.9 Å². The molecule has 2 heterocycles. The molecule has 2 N–H and O–H groups in total. The van der Waals surface area contributed by atoms with E-state index in [0.29, 0.717) is 37.6 Å². The molecule has 1 fully saturated rings. The molecule has 4 rings (SSSR count). The summed E-state index contributed by atoms with van der Waals surface area (Å²) in [4.78, 5) is 25.6. The first kappa shape index (κ1) is 25.7. The minimum Gasteiger partial charge on any atom is -0.461 e. The number of anilines is 1. The number of fused-ring (bicyclic) bond motifs is 1. The molecule has 3 aromatic rings. The number of ether oxygens (including phenoxy) is 2. The maximum absolute atomic E-state index is 13.0. The zero-order valence-corrected chi connectivity index (χ0v) is 20.4. The minimum absolute atomic E-state index is 0. The van der Waals surface area contributed by atoms with Gasteiger partial charge in [-0.3, -0.25) is 4.79 Å². The number of nitrogens with zero attached hydrogens (tertiary/aromatic N) is 1. The molecule has 0 bridgehead atoms. The molecule has 0 spiro atoms. The molecule has 1 aliphatic rings. The van der Waals surface area contributed by atoms with Crippen molar-refractivity contribution < 1.29 is 19.1 Å². The van der Waals surface area contributed by atoms with Crippen molar-refractivity contribution in [3.63, 3.8) is 0 Å². The third kappa shape index (κ3) is 5.78. The van der Waals surface area contributed by atoms with E-state index in [4.69, 9.17) is 9.47 Å². The van der Waals surface area contributed by atoms with Crippen LogP contribution in [-0.2, 0) is 21.3 Å². The lowest BCUT2D eigenvalue weighted by atomic mass is 9.91. The number of aryl methyl sites for hydroxylation is 1. The maximum atomic E-state index is 13.0. The number of esters is 1. The van der Waals surface area contributed by atoms with Gasteiger partial charge in [0.05, 0.1) is 12.6 Å². The van der Waals surface area contributed by atoms with E-state index in [1.807, 2.05) is 54.9 Å². The van der Waals surface area contributed by atoms with Crippen LogP contribution >= 0.6 is 12.4 Å². The van der Waals surface area contributed by atoms with Gasteiger partial charge < -0.3 is 24.7 Å². The predicted molar refractivity (Wildman–Crippen MR) is 136 cm³/mol. The fourth-order valence-corrected chi connectivity index (χ4v) is 4.43. The molecule has 1 aliphatic heterocycles. The summed E-state index contributed by atoms with van der Waals surface area (Å²) in [5, 5.41) is 7.25. The van der Waals surface area contributed by atoms with Gasteiger partial charge in [0.25, 0.3) is 0 Å². The van der Waals surface area contributed by atoms with Gasteiger partial charge in [0.1, 0.15) is 5.69 Å². The van der Waals surface area contributed by atoms with E-state index in [0.717, 1.165) is 23.9 Å². The zero-order valence-electron chi connectivity index (χ0n) is 19.6. The lowest BCUT2D eigenvalue weighted by Crippen LogP contribution is -2.39. The largest absolute Gasteiger partial charge is 0.461 e. The highest BCUT2D eigenvalue weighted by Gasteiger charge is 2.33. The van der Waals surface area contributed by atoms with Crippen molar-refractivity contribution in [3.8, 4) is 0 Å². The standard InChI is InChI=1S/C26H31N3O4.ClH/c1-3-32-14-7-15-33-26(31)23-17-19-16-20(10-11-22(19)29(23)2)28-25(30)24-21(12-13-27-24)18-8-5-4-6-9-18;/h4-6,8-11,16-17,21,24,27H,3,7,12-15H2,1-2H3,(H,28,30);1H/t21-,24-;/m0./s1. The summed E-state index contributed by atoms with van der Waals surface area (Å²) in [6.07, 6.45) is 1.59. The van der Waals surface area contributed by atoms with Crippen LogP contribution in [0.2, 0.25) is 0 Å². The molecule has 8 heteroatoms. The van der Waals surface area contributed by atoms with Crippen molar-refractivity contribution in [2.45, 2.75) is 31.7 Å². The van der Waals surface area contributed by atoms with Crippen LogP contribution in [0.3, 0.4) is 0 Å². The Balaban J connectivity index is 0.00000324. The summed E-state index contributed by atoms with van der Waals surface area (Å²) in [7, 11) is 1.84. The number of rotatable bonds is 9. The second-order valence-electron chi connectivity index (χ2n) is 8.28. The van der Waals surface area contributed by atoms with Gasteiger partial charge in [0.15, 0.2) is 0 Å². The van der Waals surface area contributed by atoms with E-state index in [-0.39, 0.29) is 36.2 Å². The third-order valence-electron chi connectivity index (χ3n) is 6.12. The zero-order chi connectivity index (χ0) is 23.2. The predicted octanol–water partition coefficient (Wildman–Crippen LogP) is 4.27. The van der Waals surface area contributed by atoms with E-state index in [1.165, 1.54) is 5.56 Å². The number of nitrogens with one attached hydrogen (secondary N) is 2. The Morgan fingerprint density at radius 3 is 2.68 bits per heavy atom. The Morgan fingerprint density at radius 2 is 1.91 bits per heavy atom. The number of carbonyl (C=O) groups excluding carboxylic acids is 2. The average molecular weight is 486 g/mol. The van der Waals surface area contributed by atoms with Crippen LogP contribution in [0.25, 0.3) is 10.9 Å². The number of hydrogen-bond donors (Lipinski definition) is 2. The van der Waals surface area contributed by atoms with Gasteiger partial charge in [-0.25, -0.2) is 4.79 Å². The second-order valence-corrected chi connectivity index (χ2v) is 8.28. The van der Waals surface area contributed by atoms with Gasteiger partial charge >= 0.3 is 5.97 Å². The number of benzene rings is 2. The molecule has 7 nitrogen and oxygen atoms in total. The van der Waals surface area contributed by atoms with Crippen LogP contribution in [-0.4, -0.2) is 48.9 Å². The smallest absolute Gasteiger partial charge is 0.354 e. The third-order valence-corrected chi connectivity index (χ3v) is 6.12. The molecular weight excluding hydrogens is 454 g/mol. The lowest BCUT2D eigenvalue weighted by Gasteiger charge is -2.19. The van der Waals surface area contributed by atoms with Crippen molar-refractivity contribution in [1.82, 2.24) is 9.88 Å². The molecule has 1 aromatic heterocycles. The molecule has 0 saturated carbocycles. The molecule has 34 heavy (non-hydrogen) atoms. The molecule has 2 aromatic carbocycles. The first-order chi connectivity index (χ1) is 16.1. The Bertz CT molecular complexity index is 1120. The SMILES string of the molecule is CCOCCCOC(=O)c1cc2cc(NC(=O)[C@H]3NCC[C@H]3c3ccccc3)ccc2n1C.Cl. The number of carbonyl (C=O) groups is 2. The van der Waals surface area contributed by atoms with E-state index in [9.17, 15) is 9.59 Å². The van der Waals surface area contributed by atoms with Crippen LogP contribution < -0.4 is 10.6 Å². The van der Waals surface area contributed by atoms with E-state index in [2.05, 4.69) is 22.8 Å². The molecule has 182 valence electrons. The second kappa shape index (κ2) is 12.0. The van der Waals surface area contributed by atoms with E-state index >= 15 is 0 Å². The van der Waals surface area contributed by atoms with Crippen molar-refractivity contribution in [2.24, 2.45) is 7.05 Å². The first-order valence-electron chi connectivity index (χ1n) is 11.5. The Labute approximate surface area is 206 Å². The molecule has 1 amide bonds. The van der Waals surface area contributed by atoms with Crippen molar-refractivity contribution in [1.29, 1.82) is 0 Å². The number of aromatic nitrogens is 1. The van der Waals surface area contributed by atoms with E-state index in [1.54, 1.807) is 6.07 Å². The van der Waals surface area contributed by atoms with Gasteiger partial charge in [0.2, 0.25) is 5.91 Å². The molecule has 0 radical (unpaired) electrons.